The number of hydrogen-bond donors (Lipinski definition) is 4. The van der Waals surface area contributed by atoms with Crippen LogP contribution in [0.4, 0.5) is 5.69 Å². The van der Waals surface area contributed by atoms with Gasteiger partial charge in [0.25, 0.3) is 17.5 Å². The molecular weight excluding hydrogens is 350 g/mol. The number of nitro groups is 1. The highest BCUT2D eigenvalue weighted by molar-refractivity contribution is 6.00. The minimum Gasteiger partial charge on any atom is -0.352 e. The van der Waals surface area contributed by atoms with Crippen molar-refractivity contribution < 1.29 is 24.3 Å². The number of quaternary nitrogens is 2. The van der Waals surface area contributed by atoms with Crippen molar-refractivity contribution in [2.75, 3.05) is 54.4 Å². The SMILES string of the molecule is C[NH+](C)CCCNC(=O)c1cc(C(=O)NCCC[NH+](C)C)cc([N+](=O)[O-])c1. The van der Waals surface area contributed by atoms with Gasteiger partial charge in [-0.2, -0.15) is 0 Å². The maximum absolute atomic E-state index is 12.3. The number of non-ortho nitro benzene ring substituents is 1. The Morgan fingerprint density at radius 3 is 1.63 bits per heavy atom. The quantitative estimate of drug-likeness (QED) is 0.204. The molecule has 9 nitrogen and oxygen atoms in total. The van der Waals surface area contributed by atoms with E-state index in [4.69, 9.17) is 0 Å². The summed E-state index contributed by atoms with van der Waals surface area (Å²) < 4.78 is 0. The number of nitro benzene ring substituents is 1. The van der Waals surface area contributed by atoms with Crippen molar-refractivity contribution in [1.82, 2.24) is 10.6 Å². The second-order valence-corrected chi connectivity index (χ2v) is 7.16. The average molecular weight is 381 g/mol. The number of nitrogens with zero attached hydrogens (tertiary/aromatic N) is 1. The van der Waals surface area contributed by atoms with Crippen LogP contribution in [-0.4, -0.2) is 71.1 Å². The largest absolute Gasteiger partial charge is 0.352 e. The van der Waals surface area contributed by atoms with Crippen molar-refractivity contribution in [1.29, 1.82) is 0 Å². The van der Waals surface area contributed by atoms with Gasteiger partial charge in [0.1, 0.15) is 0 Å². The van der Waals surface area contributed by atoms with Gasteiger partial charge in [0, 0.05) is 49.2 Å². The monoisotopic (exact) mass is 381 g/mol. The molecule has 0 aromatic heterocycles. The van der Waals surface area contributed by atoms with Crippen molar-refractivity contribution in [3.05, 3.63) is 39.4 Å². The fourth-order valence-corrected chi connectivity index (χ4v) is 2.47. The molecule has 0 aliphatic carbocycles. The molecule has 4 N–H and O–H groups in total. The van der Waals surface area contributed by atoms with E-state index in [2.05, 4.69) is 10.6 Å². The van der Waals surface area contributed by atoms with E-state index in [1.165, 1.54) is 28.0 Å². The fraction of sp³-hybridized carbons (Fsp3) is 0.556. The molecule has 1 aromatic rings. The van der Waals surface area contributed by atoms with Crippen molar-refractivity contribution in [2.45, 2.75) is 12.8 Å². The number of hydrogen-bond acceptors (Lipinski definition) is 4. The second kappa shape index (κ2) is 11.2. The molecule has 0 aliphatic heterocycles. The van der Waals surface area contributed by atoms with E-state index in [0.29, 0.717) is 13.1 Å². The van der Waals surface area contributed by atoms with Gasteiger partial charge in [-0.05, 0) is 6.07 Å². The number of carbonyl (C=O) groups excluding carboxylic acids is 2. The molecule has 0 saturated heterocycles. The molecule has 0 radical (unpaired) electrons. The maximum Gasteiger partial charge on any atom is 0.271 e. The molecular formula is C18H31N5O4+2. The van der Waals surface area contributed by atoms with Crippen LogP contribution in [0.25, 0.3) is 0 Å². The highest BCUT2D eigenvalue weighted by atomic mass is 16.6. The second-order valence-electron chi connectivity index (χ2n) is 7.16. The van der Waals surface area contributed by atoms with Gasteiger partial charge in [-0.25, -0.2) is 0 Å². The number of carbonyl (C=O) groups is 2. The predicted octanol–water partition coefficient (Wildman–Crippen LogP) is -1.88. The smallest absolute Gasteiger partial charge is 0.271 e. The normalized spacial score (nSPS) is 10.9. The summed E-state index contributed by atoms with van der Waals surface area (Å²) in [5.74, 6) is -0.838. The van der Waals surface area contributed by atoms with Crippen LogP contribution in [0, 0.1) is 10.1 Å². The molecule has 1 aromatic carbocycles. The van der Waals surface area contributed by atoms with Crippen molar-refractivity contribution >= 4 is 17.5 Å². The third-order valence-corrected chi connectivity index (χ3v) is 3.93. The Balaban J connectivity index is 2.79. The van der Waals surface area contributed by atoms with Gasteiger partial charge in [0.2, 0.25) is 0 Å². The van der Waals surface area contributed by atoms with Crippen LogP contribution in [0.3, 0.4) is 0 Å². The van der Waals surface area contributed by atoms with Gasteiger partial charge in [0.05, 0.1) is 46.2 Å². The molecule has 1 rings (SSSR count). The van der Waals surface area contributed by atoms with Gasteiger partial charge in [-0.3, -0.25) is 19.7 Å². The molecule has 0 bridgehead atoms. The minimum absolute atomic E-state index is 0.115. The first-order chi connectivity index (χ1) is 12.7. The summed E-state index contributed by atoms with van der Waals surface area (Å²) in [6.45, 7) is 2.75. The Bertz CT molecular complexity index is 615. The number of amides is 2. The third-order valence-electron chi connectivity index (χ3n) is 3.93. The zero-order valence-electron chi connectivity index (χ0n) is 16.6. The summed E-state index contributed by atoms with van der Waals surface area (Å²) in [6, 6.07) is 3.78. The predicted molar refractivity (Wildman–Crippen MR) is 102 cm³/mol. The first-order valence-corrected chi connectivity index (χ1v) is 9.14. The molecule has 27 heavy (non-hydrogen) atoms. The van der Waals surface area contributed by atoms with E-state index in [9.17, 15) is 19.7 Å². The van der Waals surface area contributed by atoms with Crippen LogP contribution in [-0.2, 0) is 0 Å². The molecule has 0 atom stereocenters. The van der Waals surface area contributed by atoms with E-state index in [-0.39, 0.29) is 16.8 Å². The summed E-state index contributed by atoms with van der Waals surface area (Å²) in [4.78, 5) is 37.7. The summed E-state index contributed by atoms with van der Waals surface area (Å²) in [5, 5.41) is 16.6. The zero-order valence-corrected chi connectivity index (χ0v) is 16.6. The Hall–Kier alpha value is -2.52. The highest BCUT2D eigenvalue weighted by Gasteiger charge is 2.18. The van der Waals surface area contributed by atoms with Crippen LogP contribution in [0.5, 0.6) is 0 Å². The first kappa shape index (κ1) is 22.5. The van der Waals surface area contributed by atoms with Crippen LogP contribution in [0.1, 0.15) is 33.6 Å². The molecule has 0 saturated carbocycles. The Morgan fingerprint density at radius 2 is 1.30 bits per heavy atom. The molecule has 0 aliphatic rings. The topological polar surface area (TPSA) is 110 Å². The van der Waals surface area contributed by atoms with Gasteiger partial charge in [-0.1, -0.05) is 0 Å². The van der Waals surface area contributed by atoms with E-state index < -0.39 is 16.7 Å². The first-order valence-electron chi connectivity index (χ1n) is 9.14. The molecule has 0 heterocycles. The Kier molecular flexibility index (Phi) is 9.38. The van der Waals surface area contributed by atoms with Crippen LogP contribution < -0.4 is 20.4 Å². The standard InChI is InChI=1S/C18H29N5O4/c1-21(2)9-5-7-19-17(24)14-11-15(13-16(12-14)23(26)27)18(25)20-8-6-10-22(3)4/h11-13H,5-10H2,1-4H3,(H,19,24)(H,20,25)/p+2. The molecule has 2 amide bonds. The van der Waals surface area contributed by atoms with Gasteiger partial charge in [-0.15, -0.1) is 0 Å². The van der Waals surface area contributed by atoms with E-state index in [0.717, 1.165) is 25.9 Å². The van der Waals surface area contributed by atoms with Gasteiger partial charge < -0.3 is 20.4 Å². The molecule has 0 unspecified atom stereocenters. The van der Waals surface area contributed by atoms with Gasteiger partial charge in [0.15, 0.2) is 0 Å². The van der Waals surface area contributed by atoms with E-state index in [1.54, 1.807) is 0 Å². The minimum atomic E-state index is -0.599. The molecule has 0 spiro atoms. The lowest BCUT2D eigenvalue weighted by Crippen LogP contribution is -3.05. The summed E-state index contributed by atoms with van der Waals surface area (Å²) in [6.07, 6.45) is 1.59. The molecule has 150 valence electrons. The summed E-state index contributed by atoms with van der Waals surface area (Å²) in [7, 11) is 8.08. The van der Waals surface area contributed by atoms with Crippen molar-refractivity contribution in [2.24, 2.45) is 0 Å². The average Bonchev–Trinajstić information content (AvgIpc) is 2.61. The van der Waals surface area contributed by atoms with Crippen LogP contribution >= 0.6 is 0 Å². The Morgan fingerprint density at radius 1 is 0.889 bits per heavy atom. The lowest BCUT2D eigenvalue weighted by molar-refractivity contribution is -0.858. The lowest BCUT2D eigenvalue weighted by atomic mass is 10.1. The Labute approximate surface area is 159 Å². The van der Waals surface area contributed by atoms with E-state index in [1.807, 2.05) is 28.2 Å². The number of rotatable bonds is 11. The summed E-state index contributed by atoms with van der Waals surface area (Å²) in [5.41, 5.74) is -0.0446. The van der Waals surface area contributed by atoms with E-state index >= 15 is 0 Å². The van der Waals surface area contributed by atoms with Crippen molar-refractivity contribution in [3.8, 4) is 0 Å². The molecule has 0 fully saturated rings. The lowest BCUT2D eigenvalue weighted by Gasteiger charge is -2.10. The van der Waals surface area contributed by atoms with Gasteiger partial charge >= 0.3 is 0 Å². The number of nitrogens with one attached hydrogen (secondary N) is 4. The zero-order chi connectivity index (χ0) is 20.4. The molecule has 9 heteroatoms. The van der Waals surface area contributed by atoms with Crippen LogP contribution in [0.2, 0.25) is 0 Å². The summed E-state index contributed by atoms with van der Waals surface area (Å²) >= 11 is 0. The van der Waals surface area contributed by atoms with Crippen molar-refractivity contribution in [3.63, 3.8) is 0 Å². The third kappa shape index (κ3) is 8.61. The fourth-order valence-electron chi connectivity index (χ4n) is 2.47. The maximum atomic E-state index is 12.3. The van der Waals surface area contributed by atoms with Crippen LogP contribution in [0.15, 0.2) is 18.2 Å². The number of benzene rings is 1. The highest BCUT2D eigenvalue weighted by Crippen LogP contribution is 2.17.